The zero-order valence-corrected chi connectivity index (χ0v) is 6.58. The van der Waals surface area contributed by atoms with Crippen molar-refractivity contribution >= 4 is 0 Å². The van der Waals surface area contributed by atoms with E-state index in [1.165, 1.54) is 0 Å². The van der Waals surface area contributed by atoms with Gasteiger partial charge in [-0.3, -0.25) is 0 Å². The highest BCUT2D eigenvalue weighted by Crippen LogP contribution is 2.45. The van der Waals surface area contributed by atoms with E-state index < -0.39 is 5.60 Å². The fourth-order valence-electron chi connectivity index (χ4n) is 1.41. The van der Waals surface area contributed by atoms with Gasteiger partial charge < -0.3 is 9.52 Å². The Hall–Kier alpha value is -0.760. The highest BCUT2D eigenvalue weighted by Gasteiger charge is 2.43. The molecule has 1 aromatic rings. The zero-order valence-electron chi connectivity index (χ0n) is 6.58. The molecule has 2 rings (SSSR count). The molecule has 0 saturated heterocycles. The molecule has 60 valence electrons. The van der Waals surface area contributed by atoms with Gasteiger partial charge in [0.05, 0.1) is 6.26 Å². The van der Waals surface area contributed by atoms with Crippen LogP contribution in [0.5, 0.6) is 0 Å². The third-order valence-corrected chi connectivity index (χ3v) is 2.39. The SMILES string of the molecule is CC(O)(c1ccco1)C1CC1. The van der Waals surface area contributed by atoms with Crippen LogP contribution in [0.2, 0.25) is 0 Å². The Bertz CT molecular complexity index is 232. The average molecular weight is 152 g/mol. The molecule has 1 heterocycles. The zero-order chi connectivity index (χ0) is 7.90. The van der Waals surface area contributed by atoms with Crippen molar-refractivity contribution in [2.45, 2.75) is 25.4 Å². The van der Waals surface area contributed by atoms with Crippen molar-refractivity contribution in [3.05, 3.63) is 24.2 Å². The fraction of sp³-hybridized carbons (Fsp3) is 0.556. The van der Waals surface area contributed by atoms with Crippen LogP contribution in [0, 0.1) is 5.92 Å². The van der Waals surface area contributed by atoms with Gasteiger partial charge in [-0.2, -0.15) is 0 Å². The summed E-state index contributed by atoms with van der Waals surface area (Å²) >= 11 is 0. The maximum atomic E-state index is 9.92. The Balaban J connectivity index is 2.26. The largest absolute Gasteiger partial charge is 0.466 e. The number of furan rings is 1. The molecule has 1 unspecified atom stereocenters. The molecule has 11 heavy (non-hydrogen) atoms. The van der Waals surface area contributed by atoms with Gasteiger partial charge in [0.15, 0.2) is 0 Å². The summed E-state index contributed by atoms with van der Waals surface area (Å²) in [6.07, 6.45) is 3.84. The maximum absolute atomic E-state index is 9.92. The van der Waals surface area contributed by atoms with Crippen molar-refractivity contribution in [1.82, 2.24) is 0 Å². The van der Waals surface area contributed by atoms with Crippen LogP contribution in [0.15, 0.2) is 22.8 Å². The quantitative estimate of drug-likeness (QED) is 0.702. The van der Waals surface area contributed by atoms with Gasteiger partial charge in [0.25, 0.3) is 0 Å². The first-order valence-electron chi connectivity index (χ1n) is 3.97. The molecule has 1 fully saturated rings. The van der Waals surface area contributed by atoms with Gasteiger partial charge in [0.1, 0.15) is 11.4 Å². The Kier molecular flexibility index (Phi) is 1.33. The molecule has 0 aromatic carbocycles. The van der Waals surface area contributed by atoms with Gasteiger partial charge in [0.2, 0.25) is 0 Å². The Morgan fingerprint density at radius 2 is 2.36 bits per heavy atom. The summed E-state index contributed by atoms with van der Waals surface area (Å²) in [4.78, 5) is 0. The molecule has 1 aromatic heterocycles. The predicted octanol–water partition coefficient (Wildman–Crippen LogP) is 1.90. The van der Waals surface area contributed by atoms with E-state index in [1.54, 1.807) is 6.26 Å². The Morgan fingerprint density at radius 1 is 1.64 bits per heavy atom. The monoisotopic (exact) mass is 152 g/mol. The second kappa shape index (κ2) is 2.11. The molecule has 2 nitrogen and oxygen atoms in total. The lowest BCUT2D eigenvalue weighted by atomic mass is 9.98. The molecule has 2 heteroatoms. The van der Waals surface area contributed by atoms with Gasteiger partial charge in [-0.1, -0.05) is 0 Å². The Morgan fingerprint density at radius 3 is 2.82 bits per heavy atom. The molecule has 0 amide bonds. The maximum Gasteiger partial charge on any atom is 0.135 e. The molecule has 1 aliphatic rings. The van der Waals surface area contributed by atoms with E-state index in [1.807, 2.05) is 19.1 Å². The summed E-state index contributed by atoms with van der Waals surface area (Å²) in [5, 5.41) is 9.92. The molecule has 0 aliphatic heterocycles. The minimum atomic E-state index is -0.733. The first-order valence-corrected chi connectivity index (χ1v) is 3.97. The van der Waals surface area contributed by atoms with Crippen LogP contribution in [-0.2, 0) is 5.60 Å². The summed E-state index contributed by atoms with van der Waals surface area (Å²) < 4.78 is 5.15. The average Bonchev–Trinajstić information content (AvgIpc) is 2.66. The van der Waals surface area contributed by atoms with Crippen LogP contribution in [-0.4, -0.2) is 5.11 Å². The van der Waals surface area contributed by atoms with E-state index in [4.69, 9.17) is 4.42 Å². The third kappa shape index (κ3) is 1.07. The van der Waals surface area contributed by atoms with Gasteiger partial charge >= 0.3 is 0 Å². The molecule has 0 spiro atoms. The van der Waals surface area contributed by atoms with E-state index >= 15 is 0 Å². The van der Waals surface area contributed by atoms with E-state index in [0.29, 0.717) is 11.7 Å². The normalized spacial score (nSPS) is 23.1. The van der Waals surface area contributed by atoms with Crippen LogP contribution >= 0.6 is 0 Å². The topological polar surface area (TPSA) is 33.4 Å². The molecule has 0 bridgehead atoms. The third-order valence-electron chi connectivity index (χ3n) is 2.39. The minimum Gasteiger partial charge on any atom is -0.466 e. The van der Waals surface area contributed by atoms with Crippen LogP contribution in [0.3, 0.4) is 0 Å². The minimum absolute atomic E-state index is 0.411. The van der Waals surface area contributed by atoms with Crippen molar-refractivity contribution in [1.29, 1.82) is 0 Å². The molecule has 0 radical (unpaired) electrons. The summed E-state index contributed by atoms with van der Waals surface area (Å²) in [5.41, 5.74) is -0.733. The lowest BCUT2D eigenvalue weighted by molar-refractivity contribution is 0.0113. The summed E-state index contributed by atoms with van der Waals surface area (Å²) in [6.45, 7) is 1.82. The van der Waals surface area contributed by atoms with Crippen LogP contribution in [0.1, 0.15) is 25.5 Å². The van der Waals surface area contributed by atoms with Gasteiger partial charge in [0, 0.05) is 0 Å². The molecule has 1 saturated carbocycles. The number of hydrogen-bond donors (Lipinski definition) is 1. The standard InChI is InChI=1S/C9H12O2/c1-9(10,7-4-5-7)8-3-2-6-11-8/h2-3,6-7,10H,4-5H2,1H3. The van der Waals surface area contributed by atoms with Gasteiger partial charge in [-0.15, -0.1) is 0 Å². The van der Waals surface area contributed by atoms with Gasteiger partial charge in [-0.05, 0) is 37.8 Å². The first-order chi connectivity index (χ1) is 5.21. The number of aliphatic hydroxyl groups is 1. The van der Waals surface area contributed by atoms with E-state index in [2.05, 4.69) is 0 Å². The van der Waals surface area contributed by atoms with Crippen LogP contribution in [0.25, 0.3) is 0 Å². The molecule has 1 atom stereocenters. The van der Waals surface area contributed by atoms with Crippen molar-refractivity contribution in [2.75, 3.05) is 0 Å². The smallest absolute Gasteiger partial charge is 0.135 e. The molecular weight excluding hydrogens is 140 g/mol. The van der Waals surface area contributed by atoms with E-state index in [0.717, 1.165) is 12.8 Å². The van der Waals surface area contributed by atoms with Crippen molar-refractivity contribution < 1.29 is 9.52 Å². The van der Waals surface area contributed by atoms with E-state index in [-0.39, 0.29) is 0 Å². The lowest BCUT2D eigenvalue weighted by Crippen LogP contribution is -2.22. The first kappa shape index (κ1) is 6.92. The molecular formula is C9H12O2. The lowest BCUT2D eigenvalue weighted by Gasteiger charge is -2.19. The van der Waals surface area contributed by atoms with E-state index in [9.17, 15) is 5.11 Å². The van der Waals surface area contributed by atoms with Crippen LogP contribution in [0.4, 0.5) is 0 Å². The molecule has 1 aliphatic carbocycles. The number of rotatable bonds is 2. The summed E-state index contributed by atoms with van der Waals surface area (Å²) in [7, 11) is 0. The number of hydrogen-bond acceptors (Lipinski definition) is 2. The predicted molar refractivity (Wildman–Crippen MR) is 41.0 cm³/mol. The summed E-state index contributed by atoms with van der Waals surface area (Å²) in [5.74, 6) is 1.11. The second-order valence-electron chi connectivity index (χ2n) is 3.40. The second-order valence-corrected chi connectivity index (χ2v) is 3.40. The van der Waals surface area contributed by atoms with Crippen LogP contribution < -0.4 is 0 Å². The highest BCUT2D eigenvalue weighted by atomic mass is 16.4. The van der Waals surface area contributed by atoms with Crippen molar-refractivity contribution in [2.24, 2.45) is 5.92 Å². The van der Waals surface area contributed by atoms with Crippen molar-refractivity contribution in [3.63, 3.8) is 0 Å². The van der Waals surface area contributed by atoms with Crippen molar-refractivity contribution in [3.8, 4) is 0 Å². The fourth-order valence-corrected chi connectivity index (χ4v) is 1.41. The van der Waals surface area contributed by atoms with Gasteiger partial charge in [-0.25, -0.2) is 0 Å². The molecule has 1 N–H and O–H groups in total. The summed E-state index contributed by atoms with van der Waals surface area (Å²) in [6, 6.07) is 3.64. The Labute approximate surface area is 65.8 Å². The highest BCUT2D eigenvalue weighted by molar-refractivity contribution is 5.12.